The highest BCUT2D eigenvalue weighted by molar-refractivity contribution is 6.30. The van der Waals surface area contributed by atoms with Gasteiger partial charge in [-0.3, -0.25) is 11.3 Å². The highest BCUT2D eigenvalue weighted by Gasteiger charge is 1.88. The molecule has 0 aliphatic rings. The molecule has 11 heavy (non-hydrogen) atoms. The predicted octanol–water partition coefficient (Wildman–Crippen LogP) is -1.58. The van der Waals surface area contributed by atoms with Gasteiger partial charge in [-0.25, -0.2) is 0 Å². The van der Waals surface area contributed by atoms with Crippen LogP contribution >= 0.6 is 11.6 Å². The van der Waals surface area contributed by atoms with Crippen molar-refractivity contribution in [3.8, 4) is 0 Å². The van der Waals surface area contributed by atoms with Gasteiger partial charge in [0.05, 0.1) is 0 Å². The van der Waals surface area contributed by atoms with E-state index < -0.39 is 0 Å². The first-order valence-electron chi connectivity index (χ1n) is 3.01. The van der Waals surface area contributed by atoms with Crippen molar-refractivity contribution < 1.29 is 13.8 Å². The lowest BCUT2D eigenvalue weighted by Crippen LogP contribution is -3.00. The Hall–Kier alpha value is -0.280. The molecule has 1 aromatic rings. The Balaban J connectivity index is 0. The van der Waals surface area contributed by atoms with Crippen LogP contribution in [0.3, 0.4) is 0 Å². The third kappa shape index (κ3) is 3.58. The number of hydrogen-bond acceptors (Lipinski definition) is 2. The predicted molar refractivity (Wildman–Crippen MR) is 43.6 cm³/mol. The molecule has 1 rings (SSSR count). The van der Waals surface area contributed by atoms with Crippen LogP contribution in [0, 0.1) is 0 Å². The molecule has 0 heterocycles. The van der Waals surface area contributed by atoms with Crippen LogP contribution in [0.15, 0.2) is 24.3 Å². The molecule has 2 nitrogen and oxygen atoms in total. The van der Waals surface area contributed by atoms with Crippen LogP contribution < -0.4 is 23.7 Å². The molecule has 62 valence electrons. The van der Waals surface area contributed by atoms with E-state index in [9.17, 15) is 0 Å². The molecule has 0 fully saturated rings. The van der Waals surface area contributed by atoms with Gasteiger partial charge >= 0.3 is 1.43 Å². The zero-order valence-electron chi connectivity index (χ0n) is 6.85. The van der Waals surface area contributed by atoms with Crippen molar-refractivity contribution in [3.05, 3.63) is 34.9 Å². The lowest BCUT2D eigenvalue weighted by atomic mass is 10.2. The Morgan fingerprint density at radius 1 is 1.36 bits per heavy atom. The number of halogens is 2. The number of nitrogens with two attached hydrogens (primary N) is 1. The summed E-state index contributed by atoms with van der Waals surface area (Å²) in [5.74, 6) is 5.12. The van der Waals surface area contributed by atoms with E-state index >= 15 is 0 Å². The molecule has 0 saturated carbocycles. The van der Waals surface area contributed by atoms with E-state index in [1.54, 1.807) is 0 Å². The first kappa shape index (κ1) is 10.7. The quantitative estimate of drug-likeness (QED) is 0.439. The number of benzene rings is 1. The molecule has 0 bridgehead atoms. The van der Waals surface area contributed by atoms with Gasteiger partial charge in [0, 0.05) is 11.6 Å². The van der Waals surface area contributed by atoms with Gasteiger partial charge in [-0.2, -0.15) is 0 Å². The maximum absolute atomic E-state index is 5.66. The van der Waals surface area contributed by atoms with E-state index in [0.29, 0.717) is 6.54 Å². The Labute approximate surface area is 78.6 Å². The average Bonchev–Trinajstić information content (AvgIpc) is 1.95. The Bertz CT molecular complexity index is 203. The molecule has 0 spiro atoms. The fourth-order valence-electron chi connectivity index (χ4n) is 0.720. The lowest BCUT2D eigenvalue weighted by molar-refractivity contribution is -0.00000208. The van der Waals surface area contributed by atoms with E-state index in [1.807, 2.05) is 24.3 Å². The van der Waals surface area contributed by atoms with E-state index in [0.717, 1.165) is 10.6 Å². The minimum Gasteiger partial charge on any atom is -1.00 e. The van der Waals surface area contributed by atoms with E-state index in [-0.39, 0.29) is 13.8 Å². The molecule has 0 radical (unpaired) electrons. The van der Waals surface area contributed by atoms with Gasteiger partial charge in [-0.05, 0) is 17.7 Å². The first-order valence-corrected chi connectivity index (χ1v) is 3.38. The van der Waals surface area contributed by atoms with Crippen molar-refractivity contribution >= 4 is 11.6 Å². The molecule has 3 N–H and O–H groups in total. The summed E-state index contributed by atoms with van der Waals surface area (Å²) in [4.78, 5) is 0. The molecule has 4 heteroatoms. The van der Waals surface area contributed by atoms with Crippen LogP contribution in [0.4, 0.5) is 0 Å². The van der Waals surface area contributed by atoms with Gasteiger partial charge in [-0.15, -0.1) is 0 Å². The van der Waals surface area contributed by atoms with Crippen LogP contribution in [-0.4, -0.2) is 0 Å². The maximum Gasteiger partial charge on any atom is 1.00 e. The van der Waals surface area contributed by atoms with E-state index in [1.165, 1.54) is 0 Å². The molecular formula is C7H10Cl2N2. The summed E-state index contributed by atoms with van der Waals surface area (Å²) in [7, 11) is 0. The fourth-order valence-corrected chi connectivity index (χ4v) is 0.846. The van der Waals surface area contributed by atoms with E-state index in [2.05, 4.69) is 5.43 Å². The lowest BCUT2D eigenvalue weighted by Gasteiger charge is -1.97. The van der Waals surface area contributed by atoms with Crippen molar-refractivity contribution in [2.24, 2.45) is 5.84 Å². The van der Waals surface area contributed by atoms with Crippen LogP contribution in [0.5, 0.6) is 0 Å². The minimum absolute atomic E-state index is 0. The largest absolute Gasteiger partial charge is 1.00 e. The second-order valence-corrected chi connectivity index (χ2v) is 2.44. The number of hydrazine groups is 1. The topological polar surface area (TPSA) is 38.0 Å². The number of rotatable bonds is 2. The second kappa shape index (κ2) is 5.38. The Kier molecular flexibility index (Phi) is 5.24. The van der Waals surface area contributed by atoms with Gasteiger partial charge in [0.15, 0.2) is 0 Å². The Morgan fingerprint density at radius 2 is 1.91 bits per heavy atom. The molecule has 0 aliphatic carbocycles. The molecule has 0 atom stereocenters. The molecule has 0 saturated heterocycles. The van der Waals surface area contributed by atoms with Crippen LogP contribution in [0.1, 0.15) is 6.99 Å². The zero-order chi connectivity index (χ0) is 7.40. The highest BCUT2D eigenvalue weighted by atomic mass is 35.5. The molecular weight excluding hydrogens is 183 g/mol. The monoisotopic (exact) mass is 192 g/mol. The Morgan fingerprint density at radius 3 is 2.36 bits per heavy atom. The summed E-state index contributed by atoms with van der Waals surface area (Å²) in [6, 6.07) is 7.55. The molecule has 0 aromatic heterocycles. The number of nitrogens with one attached hydrogen (secondary N) is 1. The van der Waals surface area contributed by atoms with E-state index in [4.69, 9.17) is 17.4 Å². The summed E-state index contributed by atoms with van der Waals surface area (Å²) in [5.41, 5.74) is 3.69. The van der Waals surface area contributed by atoms with Crippen molar-refractivity contribution in [2.75, 3.05) is 0 Å². The molecule has 0 aliphatic heterocycles. The van der Waals surface area contributed by atoms with Crippen LogP contribution in [-0.2, 0) is 6.54 Å². The summed E-state index contributed by atoms with van der Waals surface area (Å²) < 4.78 is 0. The molecule has 0 unspecified atom stereocenters. The van der Waals surface area contributed by atoms with Gasteiger partial charge in [0.2, 0.25) is 0 Å². The summed E-state index contributed by atoms with van der Waals surface area (Å²) in [5, 5.41) is 0.751. The third-order valence-electron chi connectivity index (χ3n) is 1.22. The van der Waals surface area contributed by atoms with Gasteiger partial charge in [0.25, 0.3) is 0 Å². The summed E-state index contributed by atoms with van der Waals surface area (Å²) >= 11 is 5.66. The van der Waals surface area contributed by atoms with Gasteiger partial charge in [-0.1, -0.05) is 23.7 Å². The van der Waals surface area contributed by atoms with Crippen LogP contribution in [0.25, 0.3) is 0 Å². The first-order chi connectivity index (χ1) is 4.83. The van der Waals surface area contributed by atoms with Gasteiger partial charge in [0.1, 0.15) is 0 Å². The van der Waals surface area contributed by atoms with Crippen molar-refractivity contribution in [3.63, 3.8) is 0 Å². The molecule has 0 amide bonds. The highest BCUT2D eigenvalue weighted by Crippen LogP contribution is 2.08. The smallest absolute Gasteiger partial charge is 1.00 e. The fraction of sp³-hybridized carbons (Fsp3) is 0.143. The van der Waals surface area contributed by atoms with Gasteiger partial charge < -0.3 is 12.4 Å². The SMILES string of the molecule is NNCc1ccc(Cl)cc1.[Cl-].[H+]. The minimum atomic E-state index is 0. The zero-order valence-corrected chi connectivity index (χ0v) is 7.36. The second-order valence-electron chi connectivity index (χ2n) is 2.01. The molecule has 1 aromatic carbocycles. The van der Waals surface area contributed by atoms with Crippen molar-refractivity contribution in [2.45, 2.75) is 6.54 Å². The third-order valence-corrected chi connectivity index (χ3v) is 1.47. The normalized spacial score (nSPS) is 8.91. The average molecular weight is 193 g/mol. The summed E-state index contributed by atoms with van der Waals surface area (Å²) in [6.07, 6.45) is 0. The van der Waals surface area contributed by atoms with Crippen LogP contribution in [0.2, 0.25) is 5.02 Å². The van der Waals surface area contributed by atoms with Crippen molar-refractivity contribution in [1.29, 1.82) is 0 Å². The summed E-state index contributed by atoms with van der Waals surface area (Å²) in [6.45, 7) is 0.678. The standard InChI is InChI=1S/C7H9ClN2.ClH/c8-7-3-1-6(2-4-7)5-10-9;/h1-4,10H,5,9H2;1H. The maximum atomic E-state index is 5.66. The van der Waals surface area contributed by atoms with Crippen molar-refractivity contribution in [1.82, 2.24) is 5.43 Å². The number of hydrogen-bond donors (Lipinski definition) is 2.